The number of nitrogens with one attached hydrogen (secondary N) is 1. The van der Waals surface area contributed by atoms with Crippen LogP contribution in [0.5, 0.6) is 5.75 Å². The van der Waals surface area contributed by atoms with Gasteiger partial charge in [0, 0.05) is 24.7 Å². The number of carbonyl (C=O) groups excluding carboxylic acids is 2. The van der Waals surface area contributed by atoms with Crippen molar-refractivity contribution in [1.82, 2.24) is 4.90 Å². The molecule has 0 heterocycles. The molecule has 0 saturated heterocycles. The van der Waals surface area contributed by atoms with E-state index in [-0.39, 0.29) is 36.0 Å². The molecule has 2 aromatic rings. The molecule has 5 nitrogen and oxygen atoms in total. The van der Waals surface area contributed by atoms with Gasteiger partial charge in [0.05, 0.1) is 13.7 Å². The minimum atomic E-state index is -0.288. The lowest BCUT2D eigenvalue weighted by molar-refractivity contribution is -0.134. The van der Waals surface area contributed by atoms with Gasteiger partial charge in [-0.1, -0.05) is 18.2 Å². The van der Waals surface area contributed by atoms with Gasteiger partial charge in [0.1, 0.15) is 11.6 Å². The third-order valence-corrected chi connectivity index (χ3v) is 4.52. The van der Waals surface area contributed by atoms with Gasteiger partial charge < -0.3 is 15.0 Å². The second-order valence-electron chi connectivity index (χ2n) is 6.47. The molecular weight excluding hydrogens is 335 g/mol. The Labute approximate surface area is 151 Å². The molecule has 6 heteroatoms. The van der Waals surface area contributed by atoms with Gasteiger partial charge in [-0.25, -0.2) is 4.39 Å². The fraction of sp³-hybridized carbons (Fsp3) is 0.300. The van der Waals surface area contributed by atoms with Gasteiger partial charge in [0.2, 0.25) is 11.8 Å². The molecule has 3 rings (SSSR count). The molecule has 0 unspecified atom stereocenters. The Balaban J connectivity index is 1.52. The average Bonchev–Trinajstić information content (AvgIpc) is 3.42. The van der Waals surface area contributed by atoms with E-state index in [2.05, 4.69) is 5.32 Å². The predicted octanol–water partition coefficient (Wildman–Crippen LogP) is 3.03. The predicted molar refractivity (Wildman–Crippen MR) is 96.5 cm³/mol. The van der Waals surface area contributed by atoms with Crippen LogP contribution in [0.15, 0.2) is 48.5 Å². The van der Waals surface area contributed by atoms with Crippen LogP contribution < -0.4 is 10.1 Å². The Bertz CT molecular complexity index is 807. The van der Waals surface area contributed by atoms with Gasteiger partial charge in [0.15, 0.2) is 0 Å². The first-order valence-electron chi connectivity index (χ1n) is 8.42. The van der Waals surface area contributed by atoms with Gasteiger partial charge in [-0.3, -0.25) is 9.59 Å². The van der Waals surface area contributed by atoms with Gasteiger partial charge >= 0.3 is 0 Å². The van der Waals surface area contributed by atoms with E-state index >= 15 is 0 Å². The second kappa shape index (κ2) is 7.56. The Morgan fingerprint density at radius 1 is 1.23 bits per heavy atom. The summed E-state index contributed by atoms with van der Waals surface area (Å²) in [5.74, 6) is -0.0220. The molecule has 1 aliphatic rings. The molecule has 2 atom stereocenters. The van der Waals surface area contributed by atoms with Crippen LogP contribution in [0, 0.1) is 11.7 Å². The van der Waals surface area contributed by atoms with E-state index in [0.717, 1.165) is 12.0 Å². The monoisotopic (exact) mass is 356 g/mol. The highest BCUT2D eigenvalue weighted by Gasteiger charge is 2.45. The zero-order valence-corrected chi connectivity index (χ0v) is 14.7. The smallest absolute Gasteiger partial charge is 0.243 e. The van der Waals surface area contributed by atoms with E-state index < -0.39 is 0 Å². The van der Waals surface area contributed by atoms with E-state index in [0.29, 0.717) is 11.4 Å². The highest BCUT2D eigenvalue weighted by molar-refractivity contribution is 5.95. The minimum absolute atomic E-state index is 0.0251. The number of hydrogen-bond donors (Lipinski definition) is 1. The molecule has 1 fully saturated rings. The van der Waals surface area contributed by atoms with Gasteiger partial charge in [-0.2, -0.15) is 0 Å². The quantitative estimate of drug-likeness (QED) is 0.865. The van der Waals surface area contributed by atoms with Crippen LogP contribution in [0.4, 0.5) is 10.1 Å². The molecule has 1 saturated carbocycles. The van der Waals surface area contributed by atoms with Crippen molar-refractivity contribution in [3.63, 3.8) is 0 Å². The maximum absolute atomic E-state index is 13.0. The molecule has 2 amide bonds. The van der Waals surface area contributed by atoms with Gasteiger partial charge in [0.25, 0.3) is 0 Å². The summed E-state index contributed by atoms with van der Waals surface area (Å²) in [6.07, 6.45) is 0.728. The van der Waals surface area contributed by atoms with Crippen LogP contribution >= 0.6 is 0 Å². The number of ether oxygens (including phenoxy) is 1. The molecule has 1 N–H and O–H groups in total. The number of hydrogen-bond acceptors (Lipinski definition) is 3. The van der Waals surface area contributed by atoms with Crippen molar-refractivity contribution in [1.29, 1.82) is 0 Å². The Morgan fingerprint density at radius 3 is 2.65 bits per heavy atom. The summed E-state index contributed by atoms with van der Waals surface area (Å²) in [6.45, 7) is -0.0251. The van der Waals surface area contributed by atoms with Crippen molar-refractivity contribution in [2.75, 3.05) is 26.0 Å². The molecule has 136 valence electrons. The molecule has 0 spiro atoms. The van der Waals surface area contributed by atoms with Gasteiger partial charge in [-0.15, -0.1) is 0 Å². The fourth-order valence-corrected chi connectivity index (χ4v) is 3.02. The van der Waals surface area contributed by atoms with Crippen molar-refractivity contribution in [2.45, 2.75) is 12.3 Å². The van der Waals surface area contributed by atoms with E-state index in [1.165, 1.54) is 17.0 Å². The number of nitrogens with zero attached hydrogens (tertiary/aromatic N) is 1. The summed E-state index contributed by atoms with van der Waals surface area (Å²) in [5.41, 5.74) is 1.57. The zero-order chi connectivity index (χ0) is 18.7. The van der Waals surface area contributed by atoms with Crippen molar-refractivity contribution < 1.29 is 18.7 Å². The van der Waals surface area contributed by atoms with Crippen LogP contribution in [-0.2, 0) is 9.59 Å². The van der Waals surface area contributed by atoms with E-state index in [1.54, 1.807) is 50.6 Å². The Kier molecular flexibility index (Phi) is 5.21. The number of likely N-dealkylation sites (N-methyl/N-ethyl adjacent to an activating group) is 1. The van der Waals surface area contributed by atoms with E-state index in [9.17, 15) is 14.0 Å². The molecule has 26 heavy (non-hydrogen) atoms. The van der Waals surface area contributed by atoms with Gasteiger partial charge in [-0.05, 0) is 42.2 Å². The minimum Gasteiger partial charge on any atom is -0.497 e. The SMILES string of the molecule is COc1cccc(NC(=O)CN(C)C(=O)[C@@H]2C[C@H]2c2ccc(F)cc2)c1. The normalized spacial score (nSPS) is 18.1. The maximum Gasteiger partial charge on any atom is 0.243 e. The number of methoxy groups -OCH3 is 1. The number of rotatable bonds is 6. The van der Waals surface area contributed by atoms with Crippen LogP contribution in [0.25, 0.3) is 0 Å². The molecule has 1 aliphatic carbocycles. The maximum atomic E-state index is 13.0. The topological polar surface area (TPSA) is 58.6 Å². The van der Waals surface area contributed by atoms with E-state index in [1.807, 2.05) is 0 Å². The number of benzene rings is 2. The van der Waals surface area contributed by atoms with Crippen molar-refractivity contribution in [3.8, 4) is 5.75 Å². The van der Waals surface area contributed by atoms with Crippen LogP contribution in [-0.4, -0.2) is 37.4 Å². The molecule has 2 aromatic carbocycles. The lowest BCUT2D eigenvalue weighted by Gasteiger charge is -2.17. The number of amides is 2. The fourth-order valence-electron chi connectivity index (χ4n) is 3.02. The molecular formula is C20H21FN2O3. The number of halogens is 1. The summed E-state index contributed by atoms with van der Waals surface area (Å²) in [7, 11) is 3.17. The van der Waals surface area contributed by atoms with Crippen LogP contribution in [0.1, 0.15) is 17.9 Å². The van der Waals surface area contributed by atoms with E-state index in [4.69, 9.17) is 4.74 Å². The summed E-state index contributed by atoms with van der Waals surface area (Å²) in [5, 5.41) is 2.76. The summed E-state index contributed by atoms with van der Waals surface area (Å²) < 4.78 is 18.1. The summed E-state index contributed by atoms with van der Waals surface area (Å²) in [4.78, 5) is 26.1. The molecule has 0 radical (unpaired) electrons. The van der Waals surface area contributed by atoms with Crippen molar-refractivity contribution in [3.05, 3.63) is 59.9 Å². The van der Waals surface area contributed by atoms with Crippen molar-refractivity contribution >= 4 is 17.5 Å². The highest BCUT2D eigenvalue weighted by Crippen LogP contribution is 2.48. The largest absolute Gasteiger partial charge is 0.497 e. The first kappa shape index (κ1) is 17.9. The zero-order valence-electron chi connectivity index (χ0n) is 14.7. The second-order valence-corrected chi connectivity index (χ2v) is 6.47. The van der Waals surface area contributed by atoms with Crippen LogP contribution in [0.2, 0.25) is 0 Å². The molecule has 0 bridgehead atoms. The lowest BCUT2D eigenvalue weighted by Crippen LogP contribution is -2.36. The summed E-state index contributed by atoms with van der Waals surface area (Å²) in [6, 6.07) is 13.3. The number of anilines is 1. The molecule has 0 aromatic heterocycles. The standard InChI is InChI=1S/C20H21FN2O3/c1-23(12-19(24)22-15-4-3-5-16(10-15)26-2)20(25)18-11-17(18)13-6-8-14(21)9-7-13/h3-10,17-18H,11-12H2,1-2H3,(H,22,24)/t17-,18+/m0/s1. The third kappa shape index (κ3) is 4.20. The van der Waals surface area contributed by atoms with Crippen molar-refractivity contribution in [2.24, 2.45) is 5.92 Å². The molecule has 0 aliphatic heterocycles. The lowest BCUT2D eigenvalue weighted by atomic mass is 10.1. The summed E-state index contributed by atoms with van der Waals surface area (Å²) >= 11 is 0. The Hall–Kier alpha value is -2.89. The Morgan fingerprint density at radius 2 is 1.96 bits per heavy atom. The van der Waals surface area contributed by atoms with Crippen LogP contribution in [0.3, 0.4) is 0 Å². The third-order valence-electron chi connectivity index (χ3n) is 4.52. The first-order valence-corrected chi connectivity index (χ1v) is 8.42. The average molecular weight is 356 g/mol. The number of carbonyl (C=O) groups is 2. The first-order chi connectivity index (χ1) is 12.5. The highest BCUT2D eigenvalue weighted by atomic mass is 19.1.